The number of rotatable bonds is 6. The Kier molecular flexibility index (Phi) is 5.90. The van der Waals surface area contributed by atoms with Crippen LogP contribution in [0.15, 0.2) is 30.6 Å². The van der Waals surface area contributed by atoms with Crippen molar-refractivity contribution in [1.82, 2.24) is 14.9 Å². The average Bonchev–Trinajstić information content (AvgIpc) is 2.49. The molecule has 0 aliphatic rings. The summed E-state index contributed by atoms with van der Waals surface area (Å²) in [6.07, 6.45) is 2.98. The van der Waals surface area contributed by atoms with Gasteiger partial charge in [-0.25, -0.2) is 4.98 Å². The van der Waals surface area contributed by atoms with Gasteiger partial charge in [0.05, 0.1) is 16.9 Å². The predicted octanol–water partition coefficient (Wildman–Crippen LogP) is 2.63. The minimum Gasteiger partial charge on any atom is -0.491 e. The molecule has 0 saturated heterocycles. The molecule has 0 radical (unpaired) electrons. The number of nitrogens with zero attached hydrogens (tertiary/aromatic N) is 3. The van der Waals surface area contributed by atoms with Gasteiger partial charge in [-0.15, -0.1) is 0 Å². The molecule has 2 rings (SSSR count). The fourth-order valence-electron chi connectivity index (χ4n) is 1.74. The van der Waals surface area contributed by atoms with Crippen LogP contribution in [-0.2, 0) is 0 Å². The SMILES string of the molecule is Cc1cnc(C(=O)Nc2ccc(OCCN(C)C)c(Cl)c2)cn1. The van der Waals surface area contributed by atoms with Crippen LogP contribution < -0.4 is 10.1 Å². The highest BCUT2D eigenvalue weighted by Gasteiger charge is 2.10. The zero-order valence-corrected chi connectivity index (χ0v) is 14.1. The molecule has 0 fully saturated rings. The number of likely N-dealkylation sites (N-methyl/N-ethyl adjacent to an activating group) is 1. The van der Waals surface area contributed by atoms with E-state index in [4.69, 9.17) is 16.3 Å². The maximum Gasteiger partial charge on any atom is 0.275 e. The second-order valence-electron chi connectivity index (χ2n) is 5.29. The number of halogens is 1. The Balaban J connectivity index is 1.99. The van der Waals surface area contributed by atoms with Gasteiger partial charge in [-0.2, -0.15) is 0 Å². The number of ether oxygens (including phenoxy) is 1. The summed E-state index contributed by atoms with van der Waals surface area (Å²) in [7, 11) is 3.94. The molecular formula is C16H19ClN4O2. The predicted molar refractivity (Wildman–Crippen MR) is 90.2 cm³/mol. The molecule has 0 atom stereocenters. The molecule has 1 aromatic heterocycles. The van der Waals surface area contributed by atoms with Crippen LogP contribution in [0.2, 0.25) is 5.02 Å². The molecule has 1 heterocycles. The zero-order valence-electron chi connectivity index (χ0n) is 13.3. The Morgan fingerprint density at radius 1 is 1.30 bits per heavy atom. The number of hydrogen-bond acceptors (Lipinski definition) is 5. The molecule has 23 heavy (non-hydrogen) atoms. The highest BCUT2D eigenvalue weighted by Crippen LogP contribution is 2.27. The number of amides is 1. The molecule has 122 valence electrons. The molecule has 0 aliphatic heterocycles. The molecule has 0 spiro atoms. The van der Waals surface area contributed by atoms with Crippen LogP contribution in [-0.4, -0.2) is 48.0 Å². The molecular weight excluding hydrogens is 316 g/mol. The van der Waals surface area contributed by atoms with Crippen molar-refractivity contribution in [2.24, 2.45) is 0 Å². The molecule has 1 amide bonds. The fraction of sp³-hybridized carbons (Fsp3) is 0.312. The van der Waals surface area contributed by atoms with Gasteiger partial charge in [-0.05, 0) is 39.2 Å². The van der Waals surface area contributed by atoms with E-state index in [0.717, 1.165) is 12.2 Å². The molecule has 6 nitrogen and oxygen atoms in total. The van der Waals surface area contributed by atoms with E-state index >= 15 is 0 Å². The van der Waals surface area contributed by atoms with Gasteiger partial charge in [0.25, 0.3) is 5.91 Å². The van der Waals surface area contributed by atoms with Gasteiger partial charge >= 0.3 is 0 Å². The lowest BCUT2D eigenvalue weighted by Crippen LogP contribution is -2.19. The van der Waals surface area contributed by atoms with Crippen molar-refractivity contribution in [3.05, 3.63) is 47.0 Å². The smallest absolute Gasteiger partial charge is 0.275 e. The van der Waals surface area contributed by atoms with Gasteiger partial charge in [0.1, 0.15) is 18.1 Å². The highest BCUT2D eigenvalue weighted by atomic mass is 35.5. The van der Waals surface area contributed by atoms with E-state index in [9.17, 15) is 4.79 Å². The van der Waals surface area contributed by atoms with Gasteiger partial charge in [0.2, 0.25) is 0 Å². The van der Waals surface area contributed by atoms with Crippen LogP contribution in [0.4, 0.5) is 5.69 Å². The first-order chi connectivity index (χ1) is 11.0. The normalized spacial score (nSPS) is 10.7. The van der Waals surface area contributed by atoms with Crippen LogP contribution in [0.25, 0.3) is 0 Å². The summed E-state index contributed by atoms with van der Waals surface area (Å²) in [4.78, 5) is 22.2. The quantitative estimate of drug-likeness (QED) is 0.879. The number of anilines is 1. The van der Waals surface area contributed by atoms with Crippen molar-refractivity contribution in [3.8, 4) is 5.75 Å². The summed E-state index contributed by atoms with van der Waals surface area (Å²) in [5.74, 6) is 0.247. The topological polar surface area (TPSA) is 67.3 Å². The lowest BCUT2D eigenvalue weighted by molar-refractivity contribution is 0.102. The van der Waals surface area contributed by atoms with Gasteiger partial charge < -0.3 is 15.0 Å². The lowest BCUT2D eigenvalue weighted by Gasteiger charge is -2.13. The number of carbonyl (C=O) groups excluding carboxylic acids is 1. The van der Waals surface area contributed by atoms with Crippen molar-refractivity contribution < 1.29 is 9.53 Å². The third kappa shape index (κ3) is 5.19. The van der Waals surface area contributed by atoms with Gasteiger partial charge in [-0.1, -0.05) is 11.6 Å². The molecule has 0 saturated carbocycles. The Morgan fingerprint density at radius 2 is 2.09 bits per heavy atom. The molecule has 1 N–H and O–H groups in total. The summed E-state index contributed by atoms with van der Waals surface area (Å²) in [5.41, 5.74) is 1.57. The second-order valence-corrected chi connectivity index (χ2v) is 5.70. The standard InChI is InChI=1S/C16H19ClN4O2/c1-11-9-19-14(10-18-11)16(22)20-12-4-5-15(13(17)8-12)23-7-6-21(2)3/h4-5,8-10H,6-7H2,1-3H3,(H,20,22). The van der Waals surface area contributed by atoms with E-state index in [2.05, 4.69) is 15.3 Å². The molecule has 2 aromatic rings. The molecule has 7 heteroatoms. The first-order valence-electron chi connectivity index (χ1n) is 7.13. The summed E-state index contributed by atoms with van der Waals surface area (Å²) in [6, 6.07) is 5.11. The summed E-state index contributed by atoms with van der Waals surface area (Å²) in [6.45, 7) is 3.14. The number of benzene rings is 1. The van der Waals surface area contributed by atoms with Crippen molar-refractivity contribution in [2.75, 3.05) is 32.6 Å². The monoisotopic (exact) mass is 334 g/mol. The Labute approximate surface area is 140 Å². The van der Waals surface area contributed by atoms with Crippen LogP contribution >= 0.6 is 11.6 Å². The second kappa shape index (κ2) is 7.89. The number of aryl methyl sites for hydroxylation is 1. The van der Waals surface area contributed by atoms with Gasteiger partial charge in [0, 0.05) is 18.4 Å². The fourth-order valence-corrected chi connectivity index (χ4v) is 1.97. The van der Waals surface area contributed by atoms with Gasteiger partial charge in [-0.3, -0.25) is 9.78 Å². The largest absolute Gasteiger partial charge is 0.491 e. The molecule has 1 aromatic carbocycles. The van der Waals surface area contributed by atoms with Crippen molar-refractivity contribution in [2.45, 2.75) is 6.92 Å². The third-order valence-corrected chi connectivity index (χ3v) is 3.29. The van der Waals surface area contributed by atoms with Crippen molar-refractivity contribution in [3.63, 3.8) is 0 Å². The Bertz CT molecular complexity index is 674. The molecule has 0 unspecified atom stereocenters. The van der Waals surface area contributed by atoms with Crippen LogP contribution in [0.1, 0.15) is 16.2 Å². The summed E-state index contributed by atoms with van der Waals surface area (Å²) < 4.78 is 5.60. The molecule has 0 bridgehead atoms. The number of nitrogens with one attached hydrogen (secondary N) is 1. The van der Waals surface area contributed by atoms with Crippen molar-refractivity contribution >= 4 is 23.2 Å². The van der Waals surface area contributed by atoms with E-state index in [-0.39, 0.29) is 11.6 Å². The minimum atomic E-state index is -0.338. The summed E-state index contributed by atoms with van der Waals surface area (Å²) >= 11 is 6.18. The first-order valence-corrected chi connectivity index (χ1v) is 7.50. The van der Waals surface area contributed by atoms with E-state index < -0.39 is 0 Å². The zero-order chi connectivity index (χ0) is 16.8. The lowest BCUT2D eigenvalue weighted by atomic mass is 10.3. The van der Waals surface area contributed by atoms with Crippen LogP contribution in [0.5, 0.6) is 5.75 Å². The van der Waals surface area contributed by atoms with E-state index in [0.29, 0.717) is 23.1 Å². The Hall–Kier alpha value is -2.18. The summed E-state index contributed by atoms with van der Waals surface area (Å²) in [5, 5.41) is 3.17. The van der Waals surface area contributed by atoms with Gasteiger partial charge in [0.15, 0.2) is 0 Å². The van der Waals surface area contributed by atoms with Crippen LogP contribution in [0, 0.1) is 6.92 Å². The first kappa shape index (κ1) is 17.2. The number of carbonyl (C=O) groups is 1. The maximum atomic E-state index is 12.1. The highest BCUT2D eigenvalue weighted by molar-refractivity contribution is 6.32. The Morgan fingerprint density at radius 3 is 2.70 bits per heavy atom. The van der Waals surface area contributed by atoms with E-state index in [1.807, 2.05) is 25.9 Å². The van der Waals surface area contributed by atoms with E-state index in [1.165, 1.54) is 6.20 Å². The maximum absolute atomic E-state index is 12.1. The average molecular weight is 335 g/mol. The molecule has 0 aliphatic carbocycles. The number of aromatic nitrogens is 2. The minimum absolute atomic E-state index is 0.248. The van der Waals surface area contributed by atoms with Crippen LogP contribution in [0.3, 0.4) is 0 Å². The number of hydrogen-bond donors (Lipinski definition) is 1. The van der Waals surface area contributed by atoms with Crippen molar-refractivity contribution in [1.29, 1.82) is 0 Å². The third-order valence-electron chi connectivity index (χ3n) is 3.00. The van der Waals surface area contributed by atoms with E-state index in [1.54, 1.807) is 24.4 Å².